The van der Waals surface area contributed by atoms with Crippen molar-refractivity contribution in [2.24, 2.45) is 0 Å². The van der Waals surface area contributed by atoms with E-state index in [2.05, 4.69) is 33.2 Å². The van der Waals surface area contributed by atoms with Gasteiger partial charge in [0.2, 0.25) is 5.95 Å². The van der Waals surface area contributed by atoms with Gasteiger partial charge < -0.3 is 15.0 Å². The predicted octanol–water partition coefficient (Wildman–Crippen LogP) is 2.27. The third-order valence-corrected chi connectivity index (χ3v) is 4.19. The molecule has 0 saturated carbocycles. The summed E-state index contributed by atoms with van der Waals surface area (Å²) in [6, 6.07) is 2.18. The van der Waals surface area contributed by atoms with E-state index >= 15 is 0 Å². The van der Waals surface area contributed by atoms with Gasteiger partial charge in [0, 0.05) is 31.6 Å². The first-order chi connectivity index (χ1) is 9.28. The first kappa shape index (κ1) is 12.6. The van der Waals surface area contributed by atoms with E-state index in [4.69, 9.17) is 4.74 Å². The highest BCUT2D eigenvalue weighted by Gasteiger charge is 2.17. The van der Waals surface area contributed by atoms with E-state index in [-0.39, 0.29) is 0 Å². The number of hydrogen-bond donors (Lipinski definition) is 1. The van der Waals surface area contributed by atoms with Crippen LogP contribution in [0.2, 0.25) is 0 Å². The number of nitrogens with one attached hydrogen (secondary N) is 1. The third kappa shape index (κ3) is 2.50. The van der Waals surface area contributed by atoms with Crippen LogP contribution in [0.5, 0.6) is 0 Å². The summed E-state index contributed by atoms with van der Waals surface area (Å²) in [5.41, 5.74) is 0. The van der Waals surface area contributed by atoms with Gasteiger partial charge >= 0.3 is 0 Å². The van der Waals surface area contributed by atoms with Gasteiger partial charge in [0.25, 0.3) is 0 Å². The molecule has 3 heterocycles. The zero-order valence-corrected chi connectivity index (χ0v) is 12.1. The van der Waals surface area contributed by atoms with Gasteiger partial charge in [0.1, 0.15) is 10.6 Å². The summed E-state index contributed by atoms with van der Waals surface area (Å²) in [5.74, 6) is 1.72. The number of rotatable bonds is 2. The van der Waals surface area contributed by atoms with Crippen molar-refractivity contribution in [3.05, 3.63) is 10.9 Å². The number of thiophene rings is 1. The lowest BCUT2D eigenvalue weighted by molar-refractivity contribution is 0.152. The van der Waals surface area contributed by atoms with Crippen LogP contribution in [0, 0.1) is 6.92 Å². The largest absolute Gasteiger partial charge is 0.380 e. The fraction of sp³-hybridized carbons (Fsp3) is 0.538. The maximum atomic E-state index is 5.52. The van der Waals surface area contributed by atoms with Crippen LogP contribution in [0.15, 0.2) is 6.07 Å². The number of aryl methyl sites for hydroxylation is 1. The molecule has 5 nitrogen and oxygen atoms in total. The van der Waals surface area contributed by atoms with Crippen LogP contribution in [-0.4, -0.2) is 43.3 Å². The van der Waals surface area contributed by atoms with E-state index in [1.165, 1.54) is 4.88 Å². The molecule has 1 aliphatic rings. The van der Waals surface area contributed by atoms with Crippen molar-refractivity contribution in [1.82, 2.24) is 9.97 Å². The highest BCUT2D eigenvalue weighted by Crippen LogP contribution is 2.31. The van der Waals surface area contributed by atoms with Crippen LogP contribution in [0.1, 0.15) is 11.3 Å². The van der Waals surface area contributed by atoms with Crippen molar-refractivity contribution in [3.8, 4) is 0 Å². The highest BCUT2D eigenvalue weighted by molar-refractivity contribution is 7.18. The first-order valence-electron chi connectivity index (χ1n) is 6.56. The third-order valence-electron chi connectivity index (χ3n) is 3.24. The average Bonchev–Trinajstić information content (AvgIpc) is 2.64. The maximum absolute atomic E-state index is 5.52. The van der Waals surface area contributed by atoms with Crippen LogP contribution in [-0.2, 0) is 4.74 Å². The molecule has 102 valence electrons. The molecular weight excluding hydrogens is 260 g/mol. The Morgan fingerprint density at radius 3 is 3.05 bits per heavy atom. The van der Waals surface area contributed by atoms with E-state index in [9.17, 15) is 0 Å². The maximum Gasteiger partial charge on any atom is 0.225 e. The molecule has 2 aromatic rings. The molecule has 0 aromatic carbocycles. The number of aromatic nitrogens is 2. The van der Waals surface area contributed by atoms with Crippen molar-refractivity contribution in [2.45, 2.75) is 13.3 Å². The average molecular weight is 278 g/mol. The van der Waals surface area contributed by atoms with E-state index in [0.717, 1.165) is 48.8 Å². The molecule has 0 amide bonds. The minimum absolute atomic E-state index is 0.689. The molecule has 1 N–H and O–H groups in total. The van der Waals surface area contributed by atoms with Crippen molar-refractivity contribution >= 4 is 33.3 Å². The molecule has 2 aromatic heterocycles. The second-order valence-corrected chi connectivity index (χ2v) is 5.88. The lowest BCUT2D eigenvalue weighted by Crippen LogP contribution is -2.27. The summed E-state index contributed by atoms with van der Waals surface area (Å²) >= 11 is 1.72. The molecule has 3 rings (SSSR count). The molecular formula is C13H18N4OS. The molecule has 0 radical (unpaired) electrons. The number of hydrogen-bond acceptors (Lipinski definition) is 6. The van der Waals surface area contributed by atoms with Crippen LogP contribution in [0.3, 0.4) is 0 Å². The second kappa shape index (κ2) is 5.30. The van der Waals surface area contributed by atoms with Crippen LogP contribution < -0.4 is 10.2 Å². The highest BCUT2D eigenvalue weighted by atomic mass is 32.1. The van der Waals surface area contributed by atoms with Crippen LogP contribution >= 0.6 is 11.3 Å². The molecule has 1 saturated heterocycles. The zero-order chi connectivity index (χ0) is 13.2. The number of ether oxygens (including phenoxy) is 1. The molecule has 1 aliphatic heterocycles. The Bertz CT molecular complexity index is 575. The Balaban J connectivity index is 2.08. The first-order valence-corrected chi connectivity index (χ1v) is 7.38. The fourth-order valence-electron chi connectivity index (χ4n) is 2.34. The van der Waals surface area contributed by atoms with Crippen LogP contribution in [0.4, 0.5) is 11.8 Å². The Labute approximate surface area is 116 Å². The van der Waals surface area contributed by atoms with Gasteiger partial charge in [-0.15, -0.1) is 11.3 Å². The topological polar surface area (TPSA) is 50.3 Å². The minimum Gasteiger partial charge on any atom is -0.380 e. The summed E-state index contributed by atoms with van der Waals surface area (Å²) in [4.78, 5) is 13.8. The van der Waals surface area contributed by atoms with E-state index in [1.54, 1.807) is 11.3 Å². The molecule has 0 spiro atoms. The van der Waals surface area contributed by atoms with Gasteiger partial charge in [-0.05, 0) is 19.4 Å². The molecule has 19 heavy (non-hydrogen) atoms. The summed E-state index contributed by atoms with van der Waals surface area (Å²) in [7, 11) is 1.86. The Morgan fingerprint density at radius 1 is 1.32 bits per heavy atom. The fourth-order valence-corrected chi connectivity index (χ4v) is 3.21. The van der Waals surface area contributed by atoms with Crippen molar-refractivity contribution in [3.63, 3.8) is 0 Å². The summed E-state index contributed by atoms with van der Waals surface area (Å²) < 4.78 is 5.52. The Hall–Kier alpha value is -1.40. The van der Waals surface area contributed by atoms with Gasteiger partial charge in [0.05, 0.1) is 12.0 Å². The lowest BCUT2D eigenvalue weighted by atomic mass is 10.3. The van der Waals surface area contributed by atoms with Crippen molar-refractivity contribution < 1.29 is 4.74 Å². The quantitative estimate of drug-likeness (QED) is 0.913. The molecule has 0 atom stereocenters. The Kier molecular flexibility index (Phi) is 3.52. The van der Waals surface area contributed by atoms with Gasteiger partial charge in [-0.25, -0.2) is 4.98 Å². The normalized spacial score (nSPS) is 16.6. The second-order valence-electron chi connectivity index (χ2n) is 4.65. The van der Waals surface area contributed by atoms with Crippen LogP contribution in [0.25, 0.3) is 10.2 Å². The minimum atomic E-state index is 0.689. The van der Waals surface area contributed by atoms with E-state index < -0.39 is 0 Å². The summed E-state index contributed by atoms with van der Waals surface area (Å²) in [6.45, 7) is 5.60. The van der Waals surface area contributed by atoms with Gasteiger partial charge in [0.15, 0.2) is 0 Å². The molecule has 1 fully saturated rings. The standard InChI is InChI=1S/C13H18N4OS/c1-9-8-10-11(17-4-3-6-18-7-5-17)15-13(14-2)16-12(10)19-9/h8H,3-7H2,1-2H3,(H,14,15,16). The molecule has 6 heteroatoms. The van der Waals surface area contributed by atoms with E-state index in [0.29, 0.717) is 5.95 Å². The van der Waals surface area contributed by atoms with Crippen molar-refractivity contribution in [2.75, 3.05) is 43.6 Å². The van der Waals surface area contributed by atoms with Gasteiger partial charge in [-0.1, -0.05) is 0 Å². The van der Waals surface area contributed by atoms with E-state index in [1.807, 2.05) is 7.05 Å². The Morgan fingerprint density at radius 2 is 2.21 bits per heavy atom. The van der Waals surface area contributed by atoms with Crippen molar-refractivity contribution in [1.29, 1.82) is 0 Å². The molecule has 0 bridgehead atoms. The number of anilines is 2. The number of fused-ring (bicyclic) bond motifs is 1. The summed E-state index contributed by atoms with van der Waals surface area (Å²) in [5, 5.41) is 4.21. The van der Waals surface area contributed by atoms with Gasteiger partial charge in [-0.2, -0.15) is 4.98 Å². The lowest BCUT2D eigenvalue weighted by Gasteiger charge is -2.21. The smallest absolute Gasteiger partial charge is 0.225 e. The SMILES string of the molecule is CNc1nc(N2CCCOCC2)c2cc(C)sc2n1. The monoisotopic (exact) mass is 278 g/mol. The molecule has 0 aliphatic carbocycles. The number of nitrogens with zero attached hydrogens (tertiary/aromatic N) is 3. The van der Waals surface area contributed by atoms with Gasteiger partial charge in [-0.3, -0.25) is 0 Å². The predicted molar refractivity (Wildman–Crippen MR) is 79.3 cm³/mol. The zero-order valence-electron chi connectivity index (χ0n) is 11.3. The molecule has 0 unspecified atom stereocenters. The summed E-state index contributed by atoms with van der Waals surface area (Å²) in [6.07, 6.45) is 1.05.